The fraction of sp³-hybridized carbons (Fsp3) is 0.0800. The number of ether oxygens (including phenoxy) is 1. The number of hydrogen-bond acceptors (Lipinski definition) is 4. The van der Waals surface area contributed by atoms with Gasteiger partial charge in [0.15, 0.2) is 5.75 Å². The average Bonchev–Trinajstić information content (AvgIpc) is 2.77. The van der Waals surface area contributed by atoms with Crippen molar-refractivity contribution in [1.29, 1.82) is 0 Å². The van der Waals surface area contributed by atoms with Gasteiger partial charge in [0.1, 0.15) is 18.0 Å². The van der Waals surface area contributed by atoms with Crippen LogP contribution >= 0.6 is 23.2 Å². The molecule has 0 radical (unpaired) electrons. The van der Waals surface area contributed by atoms with E-state index >= 15 is 0 Å². The average molecular weight is 499 g/mol. The summed E-state index contributed by atoms with van der Waals surface area (Å²) in [4.78, 5) is 38.3. The number of aryl methyl sites for hydroxylation is 1. The molecule has 0 saturated carbocycles. The van der Waals surface area contributed by atoms with Crippen LogP contribution in [0.3, 0.4) is 0 Å². The molecule has 0 aromatic heterocycles. The molecule has 0 spiro atoms. The second-order valence-electron chi connectivity index (χ2n) is 7.53. The minimum Gasteiger partial charge on any atom is -0.486 e. The number of carbonyl (C=O) groups excluding carboxylic acids is 3. The molecule has 4 amide bonds. The van der Waals surface area contributed by atoms with Gasteiger partial charge in [0, 0.05) is 0 Å². The van der Waals surface area contributed by atoms with E-state index in [-0.39, 0.29) is 33.7 Å². The third-order valence-electron chi connectivity index (χ3n) is 4.98. The Hall–Kier alpha value is -3.68. The predicted molar refractivity (Wildman–Crippen MR) is 127 cm³/mol. The standard InChI is InChI=1S/C25H17Cl2FN2O4/c1-14-3-2-4-15(9-14)13-34-22-20(26)11-16(12-21(22)27)10-19-23(31)29-25(33)30(24(19)32)18-7-5-17(28)6-8-18/h2-12H,13H2,1H3,(H,29,31,33)/b19-10+. The number of carbonyl (C=O) groups is 3. The largest absolute Gasteiger partial charge is 0.486 e. The number of imide groups is 2. The summed E-state index contributed by atoms with van der Waals surface area (Å²) in [5.74, 6) is -2.02. The van der Waals surface area contributed by atoms with Gasteiger partial charge in [-0.3, -0.25) is 14.9 Å². The van der Waals surface area contributed by atoms with Crippen LogP contribution in [-0.4, -0.2) is 17.8 Å². The van der Waals surface area contributed by atoms with E-state index in [1.807, 2.05) is 31.2 Å². The lowest BCUT2D eigenvalue weighted by Crippen LogP contribution is -2.54. The summed E-state index contributed by atoms with van der Waals surface area (Å²) in [6.07, 6.45) is 1.27. The minimum absolute atomic E-state index is 0.110. The zero-order valence-corrected chi connectivity index (χ0v) is 19.3. The van der Waals surface area contributed by atoms with E-state index in [0.29, 0.717) is 5.56 Å². The van der Waals surface area contributed by atoms with Crippen molar-refractivity contribution in [3.05, 3.63) is 98.8 Å². The van der Waals surface area contributed by atoms with Crippen LogP contribution < -0.4 is 15.0 Å². The van der Waals surface area contributed by atoms with Crippen molar-refractivity contribution in [2.24, 2.45) is 0 Å². The van der Waals surface area contributed by atoms with E-state index < -0.39 is 23.7 Å². The van der Waals surface area contributed by atoms with E-state index in [4.69, 9.17) is 27.9 Å². The van der Waals surface area contributed by atoms with Crippen molar-refractivity contribution in [2.45, 2.75) is 13.5 Å². The molecule has 1 aliphatic heterocycles. The highest BCUT2D eigenvalue weighted by atomic mass is 35.5. The number of benzene rings is 3. The molecule has 1 heterocycles. The summed E-state index contributed by atoms with van der Waals surface area (Å²) < 4.78 is 19.0. The van der Waals surface area contributed by atoms with Crippen LogP contribution in [0.25, 0.3) is 6.08 Å². The maximum absolute atomic E-state index is 13.2. The Morgan fingerprint density at radius 1 is 1.00 bits per heavy atom. The number of barbiturate groups is 1. The quantitative estimate of drug-likeness (QED) is 0.362. The molecule has 9 heteroatoms. The monoisotopic (exact) mass is 498 g/mol. The second-order valence-corrected chi connectivity index (χ2v) is 8.34. The van der Waals surface area contributed by atoms with Crippen LogP contribution in [0.5, 0.6) is 5.75 Å². The minimum atomic E-state index is -0.935. The maximum atomic E-state index is 13.2. The molecule has 1 fully saturated rings. The Labute approximate surface area is 204 Å². The third kappa shape index (κ3) is 4.95. The zero-order valence-electron chi connectivity index (χ0n) is 17.8. The second kappa shape index (κ2) is 9.67. The topological polar surface area (TPSA) is 75.7 Å². The summed E-state index contributed by atoms with van der Waals surface area (Å²) in [6, 6.07) is 14.5. The summed E-state index contributed by atoms with van der Waals surface area (Å²) in [7, 11) is 0. The molecular weight excluding hydrogens is 482 g/mol. The predicted octanol–water partition coefficient (Wildman–Crippen LogP) is 5.69. The van der Waals surface area contributed by atoms with E-state index in [1.165, 1.54) is 30.3 Å². The number of urea groups is 1. The zero-order chi connectivity index (χ0) is 24.4. The van der Waals surface area contributed by atoms with Gasteiger partial charge < -0.3 is 4.74 Å². The molecule has 0 atom stereocenters. The van der Waals surface area contributed by atoms with Crippen molar-refractivity contribution in [3.8, 4) is 5.75 Å². The van der Waals surface area contributed by atoms with Crippen LogP contribution in [0, 0.1) is 12.7 Å². The third-order valence-corrected chi connectivity index (χ3v) is 5.55. The molecule has 3 aromatic rings. The molecule has 0 unspecified atom stereocenters. The van der Waals surface area contributed by atoms with E-state index in [0.717, 1.165) is 28.2 Å². The number of anilines is 1. The number of rotatable bonds is 5. The highest BCUT2D eigenvalue weighted by Crippen LogP contribution is 2.36. The van der Waals surface area contributed by atoms with Crippen molar-refractivity contribution >= 4 is 52.8 Å². The number of nitrogens with one attached hydrogen (secondary N) is 1. The summed E-state index contributed by atoms with van der Waals surface area (Å²) in [6.45, 7) is 2.22. The van der Waals surface area contributed by atoms with Gasteiger partial charge >= 0.3 is 6.03 Å². The lowest BCUT2D eigenvalue weighted by atomic mass is 10.1. The fourth-order valence-corrected chi connectivity index (χ4v) is 4.02. The number of halogens is 3. The van der Waals surface area contributed by atoms with Gasteiger partial charge in [-0.1, -0.05) is 53.0 Å². The molecule has 1 aliphatic rings. The Bertz CT molecular complexity index is 1320. The van der Waals surface area contributed by atoms with Crippen LogP contribution in [0.1, 0.15) is 16.7 Å². The molecule has 4 rings (SSSR count). The molecule has 0 bridgehead atoms. The van der Waals surface area contributed by atoms with Gasteiger partial charge in [-0.25, -0.2) is 14.1 Å². The summed E-state index contributed by atoms with van der Waals surface area (Å²) >= 11 is 12.7. The van der Waals surface area contributed by atoms with E-state index in [9.17, 15) is 18.8 Å². The van der Waals surface area contributed by atoms with Gasteiger partial charge in [0.05, 0.1) is 15.7 Å². The Morgan fingerprint density at radius 2 is 1.68 bits per heavy atom. The highest BCUT2D eigenvalue weighted by Gasteiger charge is 2.36. The Kier molecular flexibility index (Phi) is 6.68. The first kappa shape index (κ1) is 23.5. The molecule has 0 aliphatic carbocycles. The highest BCUT2D eigenvalue weighted by molar-refractivity contribution is 6.40. The van der Waals surface area contributed by atoms with Crippen LogP contribution in [0.2, 0.25) is 10.0 Å². The lowest BCUT2D eigenvalue weighted by molar-refractivity contribution is -0.122. The molecule has 172 valence electrons. The van der Waals surface area contributed by atoms with Gasteiger partial charge in [0.25, 0.3) is 11.8 Å². The van der Waals surface area contributed by atoms with Gasteiger partial charge in [-0.15, -0.1) is 0 Å². The van der Waals surface area contributed by atoms with Crippen molar-refractivity contribution < 1.29 is 23.5 Å². The van der Waals surface area contributed by atoms with E-state index in [1.54, 1.807) is 0 Å². The lowest BCUT2D eigenvalue weighted by Gasteiger charge is -2.26. The van der Waals surface area contributed by atoms with Crippen LogP contribution in [-0.2, 0) is 16.2 Å². The van der Waals surface area contributed by atoms with Crippen molar-refractivity contribution in [1.82, 2.24) is 5.32 Å². The Balaban J connectivity index is 1.60. The molecular formula is C25H17Cl2FN2O4. The molecule has 1 N–H and O–H groups in total. The van der Waals surface area contributed by atoms with Crippen LogP contribution in [0.4, 0.5) is 14.9 Å². The maximum Gasteiger partial charge on any atom is 0.335 e. The molecule has 6 nitrogen and oxygen atoms in total. The molecule has 3 aromatic carbocycles. The van der Waals surface area contributed by atoms with Gasteiger partial charge in [-0.2, -0.15) is 0 Å². The molecule has 34 heavy (non-hydrogen) atoms. The van der Waals surface area contributed by atoms with Crippen molar-refractivity contribution in [3.63, 3.8) is 0 Å². The SMILES string of the molecule is Cc1cccc(COc2c(Cl)cc(/C=C3\C(=O)NC(=O)N(c4ccc(F)cc4)C3=O)cc2Cl)c1. The van der Waals surface area contributed by atoms with Crippen molar-refractivity contribution in [2.75, 3.05) is 4.90 Å². The number of amides is 4. The number of hydrogen-bond donors (Lipinski definition) is 1. The smallest absolute Gasteiger partial charge is 0.335 e. The fourth-order valence-electron chi connectivity index (χ4n) is 3.41. The summed E-state index contributed by atoms with van der Waals surface area (Å²) in [5.41, 5.74) is 2.17. The first-order chi connectivity index (χ1) is 16.2. The number of nitrogens with zero attached hydrogens (tertiary/aromatic N) is 1. The van der Waals surface area contributed by atoms with Crippen LogP contribution in [0.15, 0.2) is 66.2 Å². The molecule has 1 saturated heterocycles. The van der Waals surface area contributed by atoms with E-state index in [2.05, 4.69) is 5.32 Å². The van der Waals surface area contributed by atoms with Gasteiger partial charge in [0.2, 0.25) is 0 Å². The first-order valence-electron chi connectivity index (χ1n) is 10.1. The normalized spacial score (nSPS) is 15.0. The summed E-state index contributed by atoms with van der Waals surface area (Å²) in [5, 5.41) is 2.47. The first-order valence-corrected chi connectivity index (χ1v) is 10.8. The van der Waals surface area contributed by atoms with Gasteiger partial charge in [-0.05, 0) is 60.5 Å². The Morgan fingerprint density at radius 3 is 2.32 bits per heavy atom.